The molecule has 0 aliphatic carbocycles. The third-order valence-corrected chi connectivity index (χ3v) is 12.2. The fraction of sp³-hybridized carbons (Fsp3) is 0.800. The molecule has 0 fully saturated rings. The van der Waals surface area contributed by atoms with Crippen molar-refractivity contribution in [1.82, 2.24) is 2.93 Å². The summed E-state index contributed by atoms with van der Waals surface area (Å²) in [5.41, 5.74) is 0. The standard InChI is InChI=1S/C5H11NO2S2Se2/c1-3-9-11-6(5(7)8)12-10-4-2/h3-4H2,1-2H3,(H,7,8). The van der Waals surface area contributed by atoms with Crippen molar-refractivity contribution in [2.24, 2.45) is 0 Å². The number of amides is 1. The summed E-state index contributed by atoms with van der Waals surface area (Å²) in [6.45, 7) is 4.10. The van der Waals surface area contributed by atoms with Crippen molar-refractivity contribution >= 4 is 54.6 Å². The van der Waals surface area contributed by atoms with Crippen molar-refractivity contribution in [1.29, 1.82) is 0 Å². The summed E-state index contributed by atoms with van der Waals surface area (Å²) in [6.07, 6.45) is -0.767. The van der Waals surface area contributed by atoms with E-state index in [1.54, 1.807) is 23.3 Å². The molecule has 0 saturated carbocycles. The Morgan fingerprint density at radius 2 is 1.75 bits per heavy atom. The van der Waals surface area contributed by atoms with Crippen LogP contribution in [0.3, 0.4) is 0 Å². The van der Waals surface area contributed by atoms with Crippen molar-refractivity contribution < 1.29 is 9.90 Å². The van der Waals surface area contributed by atoms with Gasteiger partial charge in [0.25, 0.3) is 0 Å². The van der Waals surface area contributed by atoms with E-state index >= 15 is 0 Å². The van der Waals surface area contributed by atoms with Crippen LogP contribution in [0.2, 0.25) is 0 Å². The van der Waals surface area contributed by atoms with Gasteiger partial charge < -0.3 is 0 Å². The van der Waals surface area contributed by atoms with Gasteiger partial charge in [0.15, 0.2) is 0 Å². The molecule has 0 bridgehead atoms. The van der Waals surface area contributed by atoms with Gasteiger partial charge in [-0.1, -0.05) is 0 Å². The molecule has 0 spiro atoms. The first-order chi connectivity index (χ1) is 5.72. The van der Waals surface area contributed by atoms with Gasteiger partial charge in [-0.3, -0.25) is 0 Å². The first kappa shape index (κ1) is 13.0. The average molecular weight is 339 g/mol. The fourth-order valence-electron chi connectivity index (χ4n) is 0.277. The van der Waals surface area contributed by atoms with Crippen LogP contribution >= 0.6 is 20.4 Å². The van der Waals surface area contributed by atoms with Crippen LogP contribution in [0.5, 0.6) is 0 Å². The minimum absolute atomic E-state index is 0.0722. The number of rotatable bonds is 6. The molecule has 12 heavy (non-hydrogen) atoms. The maximum atomic E-state index is 10.6. The van der Waals surface area contributed by atoms with Gasteiger partial charge in [0, 0.05) is 0 Å². The summed E-state index contributed by atoms with van der Waals surface area (Å²) >= 11 is 0.144. The number of carboxylic acid groups (broad SMARTS) is 1. The molecule has 1 amide bonds. The summed E-state index contributed by atoms with van der Waals surface area (Å²) in [4.78, 5) is 10.6. The summed E-state index contributed by atoms with van der Waals surface area (Å²) < 4.78 is 1.56. The Morgan fingerprint density at radius 1 is 1.33 bits per heavy atom. The molecule has 0 aromatic heterocycles. The average Bonchev–Trinajstić information content (AvgIpc) is 2.04. The van der Waals surface area contributed by atoms with Gasteiger partial charge in [0.2, 0.25) is 0 Å². The van der Waals surface area contributed by atoms with Gasteiger partial charge in [-0.05, 0) is 0 Å². The van der Waals surface area contributed by atoms with E-state index in [1.807, 2.05) is 13.8 Å². The van der Waals surface area contributed by atoms with Gasteiger partial charge in [-0.15, -0.1) is 0 Å². The normalized spacial score (nSPS) is 9.83. The molecule has 0 rings (SSSR count). The molecular formula is C5H11NO2S2Se2. The third kappa shape index (κ3) is 6.52. The molecule has 0 unspecified atom stereocenters. The van der Waals surface area contributed by atoms with E-state index in [2.05, 4.69) is 0 Å². The predicted molar refractivity (Wildman–Crippen MR) is 57.6 cm³/mol. The Hall–Kier alpha value is 1.01. The van der Waals surface area contributed by atoms with Gasteiger partial charge in [-0.2, -0.15) is 0 Å². The van der Waals surface area contributed by atoms with Crippen LogP contribution in [-0.2, 0) is 0 Å². The van der Waals surface area contributed by atoms with E-state index in [0.29, 0.717) is 0 Å². The Balaban J connectivity index is 3.62. The summed E-state index contributed by atoms with van der Waals surface area (Å²) in [7, 11) is 3.41. The van der Waals surface area contributed by atoms with Crippen LogP contribution in [0.1, 0.15) is 13.8 Å². The molecule has 0 heterocycles. The zero-order valence-corrected chi connectivity index (χ0v) is 11.9. The van der Waals surface area contributed by atoms with Crippen molar-refractivity contribution in [3.05, 3.63) is 0 Å². The molecule has 0 aliphatic heterocycles. The predicted octanol–water partition coefficient (Wildman–Crippen LogP) is 1.54. The first-order valence-corrected chi connectivity index (χ1v) is 10.9. The second kappa shape index (κ2) is 8.60. The van der Waals surface area contributed by atoms with Gasteiger partial charge in [0.05, 0.1) is 0 Å². The molecule has 0 atom stereocenters. The van der Waals surface area contributed by atoms with E-state index < -0.39 is 6.09 Å². The third-order valence-electron chi connectivity index (χ3n) is 0.633. The van der Waals surface area contributed by atoms with Crippen LogP contribution in [0.15, 0.2) is 0 Å². The second-order valence-corrected chi connectivity index (χ2v) is 11.0. The molecule has 72 valence electrons. The number of hydrogen-bond acceptors (Lipinski definition) is 3. The van der Waals surface area contributed by atoms with E-state index in [1.165, 1.54) is 0 Å². The topological polar surface area (TPSA) is 40.5 Å². The number of nitrogens with zero attached hydrogens (tertiary/aromatic N) is 1. The van der Waals surface area contributed by atoms with Gasteiger partial charge in [0.1, 0.15) is 0 Å². The van der Waals surface area contributed by atoms with E-state index in [4.69, 9.17) is 5.11 Å². The van der Waals surface area contributed by atoms with Crippen LogP contribution < -0.4 is 0 Å². The zero-order chi connectivity index (χ0) is 9.40. The van der Waals surface area contributed by atoms with E-state index in [9.17, 15) is 4.79 Å². The molecular weight excluding hydrogens is 328 g/mol. The molecule has 0 aromatic carbocycles. The molecule has 3 nitrogen and oxygen atoms in total. The first-order valence-electron chi connectivity index (χ1n) is 3.34. The number of carbonyl (C=O) groups is 1. The zero-order valence-electron chi connectivity index (χ0n) is 6.85. The Bertz CT molecular complexity index is 131. The van der Waals surface area contributed by atoms with Crippen LogP contribution in [0, 0.1) is 0 Å². The maximum absolute atomic E-state index is 10.6. The summed E-state index contributed by atoms with van der Waals surface area (Å²) in [5, 5.41) is 8.76. The minimum atomic E-state index is -0.767. The Morgan fingerprint density at radius 3 is 2.00 bits per heavy atom. The second-order valence-electron chi connectivity index (χ2n) is 1.50. The van der Waals surface area contributed by atoms with Crippen molar-refractivity contribution in [2.75, 3.05) is 11.5 Å². The van der Waals surface area contributed by atoms with E-state index in [0.717, 1.165) is 11.5 Å². The molecule has 0 aromatic rings. The monoisotopic (exact) mass is 341 g/mol. The summed E-state index contributed by atoms with van der Waals surface area (Å²) in [6, 6.07) is 0. The molecule has 1 N–H and O–H groups in total. The molecule has 0 saturated heterocycles. The number of hydrogen-bond donors (Lipinski definition) is 1. The fourth-order valence-corrected chi connectivity index (χ4v) is 9.96. The van der Waals surface area contributed by atoms with Gasteiger partial charge in [-0.25, -0.2) is 0 Å². The van der Waals surface area contributed by atoms with Crippen molar-refractivity contribution in [3.63, 3.8) is 0 Å². The SMILES string of the molecule is CCS[Se]N([Se]SCC)C(=O)O. The van der Waals surface area contributed by atoms with Crippen molar-refractivity contribution in [2.45, 2.75) is 13.8 Å². The summed E-state index contributed by atoms with van der Waals surface area (Å²) in [5.74, 6) is 1.99. The van der Waals surface area contributed by atoms with Crippen LogP contribution in [-0.4, -0.2) is 53.7 Å². The molecule has 7 heteroatoms. The molecule has 0 radical (unpaired) electrons. The van der Waals surface area contributed by atoms with Crippen LogP contribution in [0.4, 0.5) is 4.79 Å². The van der Waals surface area contributed by atoms with E-state index in [-0.39, 0.29) is 28.1 Å². The van der Waals surface area contributed by atoms with Gasteiger partial charge >= 0.3 is 92.7 Å². The quantitative estimate of drug-likeness (QED) is 0.746. The van der Waals surface area contributed by atoms with Crippen molar-refractivity contribution in [3.8, 4) is 0 Å². The van der Waals surface area contributed by atoms with Crippen LogP contribution in [0.25, 0.3) is 0 Å². The Labute approximate surface area is 92.3 Å². The Kier molecular flexibility index (Phi) is 9.32. The molecule has 0 aliphatic rings.